The van der Waals surface area contributed by atoms with E-state index in [1.54, 1.807) is 0 Å². The number of rotatable bonds is 12. The fourth-order valence-corrected chi connectivity index (χ4v) is 2.26. The highest BCUT2D eigenvalue weighted by atomic mass is 16.7. The molecule has 0 heterocycles. The summed E-state index contributed by atoms with van der Waals surface area (Å²) in [5.74, 6) is -3.24. The van der Waals surface area contributed by atoms with Gasteiger partial charge in [0.2, 0.25) is 0 Å². The molecular weight excluding hydrogens is 260 g/mol. The number of carbonyl (C=O) groups excluding carboxylic acids is 1. The van der Waals surface area contributed by atoms with Crippen LogP contribution in [0.4, 0.5) is 4.79 Å². The Morgan fingerprint density at radius 3 is 2.15 bits per heavy atom. The third-order valence-corrected chi connectivity index (χ3v) is 3.48. The molecule has 0 bridgehead atoms. The first-order valence-corrected chi connectivity index (χ1v) is 7.58. The summed E-state index contributed by atoms with van der Waals surface area (Å²) in [6.45, 7) is 2.53. The first-order valence-electron chi connectivity index (χ1n) is 7.58. The van der Waals surface area contributed by atoms with Crippen LogP contribution < -0.4 is 11.1 Å². The van der Waals surface area contributed by atoms with Crippen LogP contribution in [0.3, 0.4) is 0 Å². The molecule has 0 radical (unpaired) electrons. The van der Waals surface area contributed by atoms with Crippen molar-refractivity contribution in [3.8, 4) is 0 Å². The van der Waals surface area contributed by atoms with Crippen molar-refractivity contribution in [3.63, 3.8) is 0 Å². The van der Waals surface area contributed by atoms with Gasteiger partial charge in [0.15, 0.2) is 0 Å². The highest BCUT2D eigenvalue weighted by Crippen LogP contribution is 2.24. The van der Waals surface area contributed by atoms with E-state index in [9.17, 15) is 20.1 Å². The van der Waals surface area contributed by atoms with E-state index in [0.717, 1.165) is 19.3 Å². The number of unbranched alkanes of at least 4 members (excludes halogenated alkanes) is 5. The molecule has 20 heavy (non-hydrogen) atoms. The number of amides is 2. The molecule has 0 aliphatic heterocycles. The Morgan fingerprint density at radius 1 is 1.05 bits per heavy atom. The van der Waals surface area contributed by atoms with E-state index in [0.29, 0.717) is 25.8 Å². The fraction of sp³-hybridized carbons (Fsp3) is 0.929. The second kappa shape index (κ2) is 10.9. The number of nitrogens with two attached hydrogens (primary N) is 1. The van der Waals surface area contributed by atoms with Gasteiger partial charge in [0.1, 0.15) is 0 Å². The molecule has 0 fully saturated rings. The summed E-state index contributed by atoms with van der Waals surface area (Å²) in [4.78, 5) is 10.5. The molecule has 6 heteroatoms. The van der Waals surface area contributed by atoms with Gasteiger partial charge in [-0.05, 0) is 19.3 Å². The molecule has 2 amide bonds. The number of aliphatic hydroxyl groups is 3. The number of urea groups is 1. The SMILES string of the molecule is CCCCCCCCC(CCCNC(N)=O)C(O)(O)O. The van der Waals surface area contributed by atoms with E-state index in [1.807, 2.05) is 0 Å². The van der Waals surface area contributed by atoms with Gasteiger partial charge in [-0.2, -0.15) is 0 Å². The van der Waals surface area contributed by atoms with Crippen molar-refractivity contribution in [1.82, 2.24) is 5.32 Å². The van der Waals surface area contributed by atoms with Crippen molar-refractivity contribution in [3.05, 3.63) is 0 Å². The molecule has 0 spiro atoms. The normalized spacial score (nSPS) is 13.2. The number of primary amides is 1. The minimum Gasteiger partial charge on any atom is -0.352 e. The van der Waals surface area contributed by atoms with E-state index in [2.05, 4.69) is 12.2 Å². The number of hydrogen-bond donors (Lipinski definition) is 5. The molecule has 0 aliphatic carbocycles. The second-order valence-corrected chi connectivity index (χ2v) is 5.37. The Bertz CT molecular complexity index is 254. The molecule has 6 N–H and O–H groups in total. The van der Waals surface area contributed by atoms with Crippen LogP contribution >= 0.6 is 0 Å². The van der Waals surface area contributed by atoms with E-state index >= 15 is 0 Å². The Morgan fingerprint density at radius 2 is 1.60 bits per heavy atom. The van der Waals surface area contributed by atoms with Crippen LogP contribution in [0, 0.1) is 5.92 Å². The van der Waals surface area contributed by atoms with Gasteiger partial charge >= 0.3 is 6.03 Å². The monoisotopic (exact) mass is 290 g/mol. The molecule has 1 unspecified atom stereocenters. The minimum atomic E-state index is -2.64. The Hall–Kier alpha value is -0.850. The van der Waals surface area contributed by atoms with Crippen molar-refractivity contribution >= 4 is 6.03 Å². The molecular formula is C14H30N2O4. The lowest BCUT2D eigenvalue weighted by molar-refractivity contribution is -0.344. The molecule has 0 saturated heterocycles. The third kappa shape index (κ3) is 11.0. The van der Waals surface area contributed by atoms with Crippen molar-refractivity contribution in [2.75, 3.05) is 6.54 Å². The lowest BCUT2D eigenvalue weighted by Crippen LogP contribution is -2.38. The van der Waals surface area contributed by atoms with Crippen LogP contribution in [0.2, 0.25) is 0 Å². The predicted octanol–water partition coefficient (Wildman–Crippen LogP) is 1.43. The zero-order valence-electron chi connectivity index (χ0n) is 12.5. The molecule has 6 nitrogen and oxygen atoms in total. The van der Waals surface area contributed by atoms with Crippen molar-refractivity contribution < 1.29 is 20.1 Å². The Labute approximate surface area is 121 Å². The summed E-state index contributed by atoms with van der Waals surface area (Å²) in [5, 5.41) is 30.4. The summed E-state index contributed by atoms with van der Waals surface area (Å²) >= 11 is 0. The standard InChI is InChI=1S/C14H30N2O4/c1-2-3-4-5-6-7-9-12(14(18,19)20)10-8-11-16-13(15)17/h12,18-20H,2-11H2,1H3,(H3,15,16,17). The molecule has 120 valence electrons. The first kappa shape index (κ1) is 19.1. The van der Waals surface area contributed by atoms with Gasteiger partial charge in [0.05, 0.1) is 0 Å². The summed E-state index contributed by atoms with van der Waals surface area (Å²) in [6, 6.07) is -0.597. The van der Waals surface area contributed by atoms with Gasteiger partial charge in [0, 0.05) is 12.5 Å². The first-order chi connectivity index (χ1) is 9.38. The van der Waals surface area contributed by atoms with Crippen LogP contribution in [0.1, 0.15) is 64.7 Å². The van der Waals surface area contributed by atoms with E-state index in [1.165, 1.54) is 19.3 Å². The molecule has 0 rings (SSSR count). The second-order valence-electron chi connectivity index (χ2n) is 5.37. The summed E-state index contributed by atoms with van der Waals surface area (Å²) in [6.07, 6.45) is 8.20. The Balaban J connectivity index is 3.83. The van der Waals surface area contributed by atoms with Crippen LogP contribution in [-0.2, 0) is 0 Å². The molecule has 0 aliphatic rings. The van der Waals surface area contributed by atoms with Gasteiger partial charge in [0.25, 0.3) is 5.97 Å². The topological polar surface area (TPSA) is 116 Å². The maximum Gasteiger partial charge on any atom is 0.312 e. The maximum absolute atomic E-state index is 10.5. The molecule has 0 aromatic carbocycles. The summed E-state index contributed by atoms with van der Waals surface area (Å²) in [5.41, 5.74) is 4.94. The third-order valence-electron chi connectivity index (χ3n) is 3.48. The molecule has 0 aromatic rings. The van der Waals surface area contributed by atoms with Crippen molar-refractivity contribution in [2.45, 2.75) is 70.7 Å². The highest BCUT2D eigenvalue weighted by molar-refractivity contribution is 5.71. The van der Waals surface area contributed by atoms with Crippen molar-refractivity contribution in [1.29, 1.82) is 0 Å². The minimum absolute atomic E-state index is 0.373. The van der Waals surface area contributed by atoms with Gasteiger partial charge < -0.3 is 26.4 Å². The van der Waals surface area contributed by atoms with Crippen LogP contribution in [0.5, 0.6) is 0 Å². The van der Waals surface area contributed by atoms with Gasteiger partial charge in [-0.25, -0.2) is 4.79 Å². The molecule has 1 atom stereocenters. The molecule has 0 aromatic heterocycles. The van der Waals surface area contributed by atoms with Gasteiger partial charge in [-0.15, -0.1) is 0 Å². The smallest absolute Gasteiger partial charge is 0.312 e. The number of carbonyl (C=O) groups is 1. The zero-order chi connectivity index (χ0) is 15.4. The van der Waals surface area contributed by atoms with Gasteiger partial charge in [-0.1, -0.05) is 45.4 Å². The lowest BCUT2D eigenvalue weighted by Gasteiger charge is -2.26. The summed E-state index contributed by atoms with van der Waals surface area (Å²) < 4.78 is 0. The van der Waals surface area contributed by atoms with Gasteiger partial charge in [-0.3, -0.25) is 0 Å². The predicted molar refractivity (Wildman–Crippen MR) is 77.7 cm³/mol. The van der Waals surface area contributed by atoms with E-state index in [-0.39, 0.29) is 0 Å². The quantitative estimate of drug-likeness (QED) is 0.276. The summed E-state index contributed by atoms with van der Waals surface area (Å²) in [7, 11) is 0. The van der Waals surface area contributed by atoms with Crippen molar-refractivity contribution in [2.24, 2.45) is 11.7 Å². The molecule has 0 saturated carbocycles. The fourth-order valence-electron chi connectivity index (χ4n) is 2.26. The average molecular weight is 290 g/mol. The van der Waals surface area contributed by atoms with E-state index in [4.69, 9.17) is 5.73 Å². The van der Waals surface area contributed by atoms with Crippen LogP contribution in [-0.4, -0.2) is 33.9 Å². The highest BCUT2D eigenvalue weighted by Gasteiger charge is 2.30. The lowest BCUT2D eigenvalue weighted by atomic mass is 9.93. The average Bonchev–Trinajstić information content (AvgIpc) is 2.34. The van der Waals surface area contributed by atoms with Crippen LogP contribution in [0.15, 0.2) is 0 Å². The number of hydrogen-bond acceptors (Lipinski definition) is 4. The Kier molecular flexibility index (Phi) is 10.4. The maximum atomic E-state index is 10.5. The largest absolute Gasteiger partial charge is 0.352 e. The van der Waals surface area contributed by atoms with Crippen LogP contribution in [0.25, 0.3) is 0 Å². The van der Waals surface area contributed by atoms with E-state index < -0.39 is 17.9 Å². The zero-order valence-corrected chi connectivity index (χ0v) is 12.5. The number of nitrogens with one attached hydrogen (secondary N) is 1.